The fourth-order valence-corrected chi connectivity index (χ4v) is 5.63. The molecule has 0 aromatic heterocycles. The van der Waals surface area contributed by atoms with E-state index in [1.807, 2.05) is 4.90 Å². The van der Waals surface area contributed by atoms with Crippen molar-refractivity contribution in [1.82, 2.24) is 15.1 Å². The summed E-state index contributed by atoms with van der Waals surface area (Å²) in [7, 11) is 0. The second kappa shape index (κ2) is 10.9. The largest absolute Gasteiger partial charge is 0.416 e. The molecule has 5 nitrogen and oxygen atoms in total. The number of carbonyl (C=O) groups is 2. The molecule has 1 saturated heterocycles. The van der Waals surface area contributed by atoms with Crippen molar-refractivity contribution in [1.29, 1.82) is 0 Å². The van der Waals surface area contributed by atoms with Crippen molar-refractivity contribution < 1.29 is 22.8 Å². The lowest BCUT2D eigenvalue weighted by atomic mass is 9.78. The Morgan fingerprint density at radius 3 is 2.52 bits per heavy atom. The average molecular weight is 468 g/mol. The highest BCUT2D eigenvalue weighted by Gasteiger charge is 2.42. The van der Waals surface area contributed by atoms with Crippen LogP contribution in [0.2, 0.25) is 0 Å². The standard InChI is InChI=1S/C25H36F3N3O2/c1-4-8-17-16-20(30(5-2)6-3)11-12-22(17)31-14-13-21(24(31)33)29-23(32)18-9-7-10-19(15-18)25(26,27)28/h7,9-10,15,17,20-22H,4-6,8,11-14,16H2,1-3H3,(H,29,32)/t17-,20-,21+,22+/m1/s1. The highest BCUT2D eigenvalue weighted by molar-refractivity contribution is 5.98. The molecule has 1 saturated carbocycles. The Kier molecular flexibility index (Phi) is 8.43. The van der Waals surface area contributed by atoms with Gasteiger partial charge in [-0.25, -0.2) is 0 Å². The topological polar surface area (TPSA) is 52.6 Å². The minimum absolute atomic E-state index is 0.0836. The lowest BCUT2D eigenvalue weighted by Crippen LogP contribution is -2.51. The summed E-state index contributed by atoms with van der Waals surface area (Å²) in [6.07, 6.45) is 1.17. The van der Waals surface area contributed by atoms with Gasteiger partial charge in [-0.15, -0.1) is 0 Å². The molecule has 0 bridgehead atoms. The number of nitrogens with one attached hydrogen (secondary N) is 1. The van der Waals surface area contributed by atoms with Gasteiger partial charge in [0.2, 0.25) is 5.91 Å². The number of likely N-dealkylation sites (tertiary alicyclic amines) is 1. The van der Waals surface area contributed by atoms with Crippen molar-refractivity contribution in [2.75, 3.05) is 19.6 Å². The second-order valence-corrected chi connectivity index (χ2v) is 9.23. The van der Waals surface area contributed by atoms with Crippen LogP contribution in [-0.2, 0) is 11.0 Å². The van der Waals surface area contributed by atoms with Gasteiger partial charge in [0, 0.05) is 24.2 Å². The molecule has 0 radical (unpaired) electrons. The van der Waals surface area contributed by atoms with E-state index < -0.39 is 23.7 Å². The number of nitrogens with zero attached hydrogens (tertiary/aromatic N) is 2. The molecule has 1 aliphatic carbocycles. The second-order valence-electron chi connectivity index (χ2n) is 9.23. The quantitative estimate of drug-likeness (QED) is 0.602. The maximum atomic E-state index is 13.2. The van der Waals surface area contributed by atoms with Crippen molar-refractivity contribution in [2.45, 2.75) is 83.6 Å². The summed E-state index contributed by atoms with van der Waals surface area (Å²) >= 11 is 0. The third-order valence-corrected chi connectivity index (χ3v) is 7.30. The van der Waals surface area contributed by atoms with E-state index >= 15 is 0 Å². The summed E-state index contributed by atoms with van der Waals surface area (Å²) in [5, 5.41) is 2.68. The molecular weight excluding hydrogens is 431 g/mol. The molecule has 1 N–H and O–H groups in total. The van der Waals surface area contributed by atoms with E-state index in [-0.39, 0.29) is 17.5 Å². The molecule has 2 fully saturated rings. The molecule has 184 valence electrons. The monoisotopic (exact) mass is 467 g/mol. The Bertz CT molecular complexity index is 825. The van der Waals surface area contributed by atoms with Crippen molar-refractivity contribution in [2.24, 2.45) is 5.92 Å². The number of hydrogen-bond donors (Lipinski definition) is 1. The van der Waals surface area contributed by atoms with Crippen molar-refractivity contribution in [3.05, 3.63) is 35.4 Å². The third kappa shape index (κ3) is 5.89. The molecule has 0 spiro atoms. The molecular formula is C25H36F3N3O2. The van der Waals surface area contributed by atoms with Gasteiger partial charge in [-0.1, -0.05) is 33.3 Å². The molecule has 8 heteroatoms. The SMILES string of the molecule is CCC[C@@H]1C[C@H](N(CC)CC)CC[C@@H]1N1CC[C@H](NC(=O)c2cccc(C(F)(F)F)c2)C1=O. The van der Waals surface area contributed by atoms with Crippen LogP contribution in [0.4, 0.5) is 13.2 Å². The van der Waals surface area contributed by atoms with Gasteiger partial charge in [0.05, 0.1) is 5.56 Å². The lowest BCUT2D eigenvalue weighted by molar-refractivity contribution is -0.137. The van der Waals surface area contributed by atoms with Crippen LogP contribution < -0.4 is 5.32 Å². The number of alkyl halides is 3. The van der Waals surface area contributed by atoms with Gasteiger partial charge in [-0.05, 0) is 69.3 Å². The predicted molar refractivity (Wildman–Crippen MR) is 122 cm³/mol. The zero-order valence-electron chi connectivity index (χ0n) is 19.8. The highest BCUT2D eigenvalue weighted by Crippen LogP contribution is 2.36. The van der Waals surface area contributed by atoms with Crippen LogP contribution in [0.5, 0.6) is 0 Å². The zero-order chi connectivity index (χ0) is 24.2. The Hall–Kier alpha value is -2.09. The molecule has 0 unspecified atom stereocenters. The van der Waals surface area contributed by atoms with Crippen molar-refractivity contribution in [3.8, 4) is 0 Å². The van der Waals surface area contributed by atoms with Crippen molar-refractivity contribution >= 4 is 11.8 Å². The molecule has 4 atom stereocenters. The molecule has 1 aromatic rings. The average Bonchev–Trinajstić information content (AvgIpc) is 3.14. The van der Waals surface area contributed by atoms with Gasteiger partial charge in [0.25, 0.3) is 5.91 Å². The number of halogens is 3. The lowest BCUT2D eigenvalue weighted by Gasteiger charge is -2.44. The first-order valence-corrected chi connectivity index (χ1v) is 12.2. The first kappa shape index (κ1) is 25.5. The summed E-state index contributed by atoms with van der Waals surface area (Å²) in [5.41, 5.74) is -0.957. The first-order chi connectivity index (χ1) is 15.7. The van der Waals surface area contributed by atoms with E-state index in [4.69, 9.17) is 0 Å². The summed E-state index contributed by atoms with van der Waals surface area (Å²) in [5.74, 6) is -0.324. The normalized spacial score (nSPS) is 26.2. The van der Waals surface area contributed by atoms with E-state index in [0.717, 1.165) is 57.3 Å². The molecule has 1 heterocycles. The van der Waals surface area contributed by atoms with Crippen LogP contribution in [0.15, 0.2) is 24.3 Å². The Morgan fingerprint density at radius 1 is 1.15 bits per heavy atom. The number of hydrogen-bond acceptors (Lipinski definition) is 3. The van der Waals surface area contributed by atoms with Crippen LogP contribution in [0.25, 0.3) is 0 Å². The fraction of sp³-hybridized carbons (Fsp3) is 0.680. The van der Waals surface area contributed by atoms with Gasteiger partial charge in [0.1, 0.15) is 6.04 Å². The van der Waals surface area contributed by atoms with E-state index in [0.29, 0.717) is 24.9 Å². The van der Waals surface area contributed by atoms with Gasteiger partial charge in [-0.3, -0.25) is 9.59 Å². The van der Waals surface area contributed by atoms with Crippen LogP contribution in [0.3, 0.4) is 0 Å². The molecule has 1 aliphatic heterocycles. The van der Waals surface area contributed by atoms with Gasteiger partial charge in [-0.2, -0.15) is 13.2 Å². The Balaban J connectivity index is 1.66. The molecule has 2 amide bonds. The first-order valence-electron chi connectivity index (χ1n) is 12.2. The van der Waals surface area contributed by atoms with Crippen LogP contribution in [-0.4, -0.2) is 59.4 Å². The minimum atomic E-state index is -4.52. The summed E-state index contributed by atoms with van der Waals surface area (Å²) in [4.78, 5) is 30.2. The molecule has 33 heavy (non-hydrogen) atoms. The van der Waals surface area contributed by atoms with E-state index in [2.05, 4.69) is 31.0 Å². The van der Waals surface area contributed by atoms with Gasteiger partial charge in [0.15, 0.2) is 0 Å². The van der Waals surface area contributed by atoms with Crippen LogP contribution >= 0.6 is 0 Å². The number of carbonyl (C=O) groups excluding carboxylic acids is 2. The fourth-order valence-electron chi connectivity index (χ4n) is 5.63. The maximum absolute atomic E-state index is 13.2. The Labute approximate surface area is 194 Å². The zero-order valence-corrected chi connectivity index (χ0v) is 19.8. The highest BCUT2D eigenvalue weighted by atomic mass is 19.4. The summed E-state index contributed by atoms with van der Waals surface area (Å²) < 4.78 is 38.9. The van der Waals surface area contributed by atoms with Gasteiger partial charge >= 0.3 is 6.18 Å². The summed E-state index contributed by atoms with van der Waals surface area (Å²) in [6, 6.07) is 4.34. The number of amides is 2. The molecule has 1 aromatic carbocycles. The third-order valence-electron chi connectivity index (χ3n) is 7.30. The van der Waals surface area contributed by atoms with E-state index in [1.165, 1.54) is 12.1 Å². The van der Waals surface area contributed by atoms with E-state index in [9.17, 15) is 22.8 Å². The Morgan fingerprint density at radius 2 is 1.88 bits per heavy atom. The summed E-state index contributed by atoms with van der Waals surface area (Å²) in [6.45, 7) is 9.17. The maximum Gasteiger partial charge on any atom is 0.416 e. The van der Waals surface area contributed by atoms with Crippen LogP contribution in [0.1, 0.15) is 75.2 Å². The number of rotatable bonds is 8. The van der Waals surface area contributed by atoms with Gasteiger partial charge < -0.3 is 15.1 Å². The molecule has 2 aliphatic rings. The predicted octanol–water partition coefficient (Wildman–Crippen LogP) is 4.72. The smallest absolute Gasteiger partial charge is 0.340 e. The van der Waals surface area contributed by atoms with E-state index in [1.54, 1.807) is 0 Å². The minimum Gasteiger partial charge on any atom is -0.340 e. The van der Waals surface area contributed by atoms with Crippen molar-refractivity contribution in [3.63, 3.8) is 0 Å². The molecule has 3 rings (SSSR count). The number of benzene rings is 1. The van der Waals surface area contributed by atoms with Crippen LogP contribution in [0, 0.1) is 5.92 Å².